The summed E-state index contributed by atoms with van der Waals surface area (Å²) in [7, 11) is 1.49. The number of phenols is 1. The Morgan fingerprint density at radius 2 is 1.90 bits per heavy atom. The Bertz CT molecular complexity index is 1300. The average molecular weight is 576 g/mol. The first-order valence-corrected chi connectivity index (χ1v) is 15.3. The van der Waals surface area contributed by atoms with E-state index in [1.807, 2.05) is 30.5 Å². The summed E-state index contributed by atoms with van der Waals surface area (Å²) in [6, 6.07) is 11.1. The highest BCUT2D eigenvalue weighted by molar-refractivity contribution is 5.99. The maximum Gasteiger partial charge on any atom is 0.161 e. The molecule has 2 atom stereocenters. The quantitative estimate of drug-likeness (QED) is 0.156. The number of aliphatic hydroxyl groups excluding tert-OH is 1. The Balaban J connectivity index is 1.48. The van der Waals surface area contributed by atoms with Crippen molar-refractivity contribution in [2.75, 3.05) is 19.5 Å². The van der Waals surface area contributed by atoms with Gasteiger partial charge < -0.3 is 25.7 Å². The van der Waals surface area contributed by atoms with E-state index in [-0.39, 0.29) is 48.4 Å². The van der Waals surface area contributed by atoms with Crippen molar-refractivity contribution in [3.63, 3.8) is 0 Å². The summed E-state index contributed by atoms with van der Waals surface area (Å²) in [6.07, 6.45) is 13.5. The molecule has 3 aromatic rings. The number of phenolic OH excluding ortho intramolecular Hbond substituents is 1. The van der Waals surface area contributed by atoms with Gasteiger partial charge in [-0.2, -0.15) is 0 Å². The SMILES string of the molecule is COc1cc(CCC(=O)CC(=O)CCCC2CCCCC2)cc([C@@H](c2ccnc(N)c2)[C@H](CO)Cc2ccc[nH]2)c1O. The van der Waals surface area contributed by atoms with E-state index in [1.54, 1.807) is 18.3 Å². The number of ether oxygens (including phenoxy) is 1. The summed E-state index contributed by atoms with van der Waals surface area (Å²) in [4.78, 5) is 32.6. The summed E-state index contributed by atoms with van der Waals surface area (Å²) in [5.74, 6) is 0.550. The number of hydrogen-bond acceptors (Lipinski definition) is 7. The van der Waals surface area contributed by atoms with E-state index in [4.69, 9.17) is 10.5 Å². The van der Waals surface area contributed by atoms with Crippen LogP contribution in [0.2, 0.25) is 0 Å². The second kappa shape index (κ2) is 15.5. The van der Waals surface area contributed by atoms with E-state index in [1.165, 1.54) is 39.2 Å². The zero-order chi connectivity index (χ0) is 29.9. The molecule has 4 rings (SSSR count). The average Bonchev–Trinajstić information content (AvgIpc) is 3.50. The molecule has 5 N–H and O–H groups in total. The molecule has 8 nitrogen and oxygen atoms in total. The van der Waals surface area contributed by atoms with Gasteiger partial charge in [0.2, 0.25) is 0 Å². The van der Waals surface area contributed by atoms with Crippen molar-refractivity contribution in [1.82, 2.24) is 9.97 Å². The highest BCUT2D eigenvalue weighted by Gasteiger charge is 2.30. The van der Waals surface area contributed by atoms with E-state index in [2.05, 4.69) is 9.97 Å². The van der Waals surface area contributed by atoms with Gasteiger partial charge in [-0.25, -0.2) is 4.98 Å². The highest BCUT2D eigenvalue weighted by Crippen LogP contribution is 2.43. The number of benzene rings is 1. The molecule has 42 heavy (non-hydrogen) atoms. The Hall–Kier alpha value is -3.65. The van der Waals surface area contributed by atoms with Gasteiger partial charge in [-0.1, -0.05) is 44.6 Å². The molecule has 0 aliphatic heterocycles. The zero-order valence-electron chi connectivity index (χ0n) is 24.7. The number of aliphatic hydroxyl groups is 1. The number of aromatic nitrogens is 2. The van der Waals surface area contributed by atoms with E-state index in [0.29, 0.717) is 30.6 Å². The number of nitrogens with two attached hydrogens (primary N) is 1. The van der Waals surface area contributed by atoms with Gasteiger partial charge in [0.25, 0.3) is 0 Å². The molecule has 1 aromatic carbocycles. The van der Waals surface area contributed by atoms with E-state index < -0.39 is 5.92 Å². The van der Waals surface area contributed by atoms with Crippen LogP contribution >= 0.6 is 0 Å². The first-order chi connectivity index (χ1) is 20.4. The second-order valence-corrected chi connectivity index (χ2v) is 11.7. The van der Waals surface area contributed by atoms with Crippen molar-refractivity contribution in [2.24, 2.45) is 11.8 Å². The largest absolute Gasteiger partial charge is 0.504 e. The number of carbonyl (C=O) groups is 2. The van der Waals surface area contributed by atoms with Crippen molar-refractivity contribution >= 4 is 17.4 Å². The maximum atomic E-state index is 12.8. The van der Waals surface area contributed by atoms with Gasteiger partial charge in [-0.05, 0) is 72.6 Å². The van der Waals surface area contributed by atoms with Crippen LogP contribution in [0.3, 0.4) is 0 Å². The molecule has 1 fully saturated rings. The monoisotopic (exact) mass is 575 g/mol. The summed E-state index contributed by atoms with van der Waals surface area (Å²) >= 11 is 0. The molecule has 0 saturated heterocycles. The van der Waals surface area contributed by atoms with Crippen molar-refractivity contribution in [3.05, 3.63) is 71.2 Å². The lowest BCUT2D eigenvalue weighted by molar-refractivity contribution is -0.127. The molecular weight excluding hydrogens is 530 g/mol. The van der Waals surface area contributed by atoms with Gasteiger partial charge in [0.1, 0.15) is 17.4 Å². The predicted molar refractivity (Wildman–Crippen MR) is 164 cm³/mol. The molecule has 2 heterocycles. The fourth-order valence-corrected chi connectivity index (χ4v) is 6.40. The number of aromatic hydroxyl groups is 1. The number of aryl methyl sites for hydroxylation is 1. The number of hydrogen-bond donors (Lipinski definition) is 4. The van der Waals surface area contributed by atoms with Crippen LogP contribution in [0.4, 0.5) is 5.82 Å². The number of ketones is 2. The van der Waals surface area contributed by atoms with E-state index in [9.17, 15) is 19.8 Å². The fraction of sp³-hybridized carbons (Fsp3) is 0.500. The Morgan fingerprint density at radius 3 is 2.60 bits per heavy atom. The number of aromatic amines is 1. The van der Waals surface area contributed by atoms with E-state index in [0.717, 1.165) is 35.6 Å². The minimum atomic E-state index is -0.432. The van der Waals surface area contributed by atoms with Crippen LogP contribution < -0.4 is 10.5 Å². The summed E-state index contributed by atoms with van der Waals surface area (Å²) < 4.78 is 5.53. The molecule has 2 aromatic heterocycles. The second-order valence-electron chi connectivity index (χ2n) is 11.7. The third-order valence-electron chi connectivity index (χ3n) is 8.61. The van der Waals surface area contributed by atoms with Gasteiger partial charge in [-0.15, -0.1) is 0 Å². The third-order valence-corrected chi connectivity index (χ3v) is 8.61. The number of methoxy groups -OCH3 is 1. The number of nitrogens with zero attached hydrogens (tertiary/aromatic N) is 1. The predicted octanol–water partition coefficient (Wildman–Crippen LogP) is 5.90. The number of nitrogen functional groups attached to an aromatic ring is 1. The van der Waals surface area contributed by atoms with Crippen molar-refractivity contribution < 1.29 is 24.5 Å². The molecule has 226 valence electrons. The van der Waals surface area contributed by atoms with Gasteiger partial charge in [-0.3, -0.25) is 9.59 Å². The van der Waals surface area contributed by atoms with Crippen LogP contribution in [0.5, 0.6) is 11.5 Å². The molecule has 0 spiro atoms. The van der Waals surface area contributed by atoms with Gasteiger partial charge >= 0.3 is 0 Å². The lowest BCUT2D eigenvalue weighted by Crippen LogP contribution is -2.22. The van der Waals surface area contributed by atoms with Gasteiger partial charge in [0, 0.05) is 49.0 Å². The Kier molecular flexibility index (Phi) is 11.6. The molecule has 0 amide bonds. The zero-order valence-corrected chi connectivity index (χ0v) is 24.7. The van der Waals surface area contributed by atoms with Crippen LogP contribution in [0, 0.1) is 11.8 Å². The van der Waals surface area contributed by atoms with Crippen LogP contribution in [0.15, 0.2) is 48.8 Å². The highest BCUT2D eigenvalue weighted by atomic mass is 16.5. The maximum absolute atomic E-state index is 12.8. The van der Waals surface area contributed by atoms with Crippen molar-refractivity contribution in [2.45, 2.75) is 83.0 Å². The third kappa shape index (κ3) is 8.68. The number of Topliss-reactive ketones (excluding diaryl/α,β-unsaturated/α-hetero) is 2. The number of nitrogens with one attached hydrogen (secondary N) is 1. The summed E-state index contributed by atoms with van der Waals surface area (Å²) in [5, 5.41) is 21.8. The van der Waals surface area contributed by atoms with Gasteiger partial charge in [0.05, 0.1) is 13.5 Å². The first-order valence-electron chi connectivity index (χ1n) is 15.3. The molecule has 1 aliphatic rings. The molecule has 8 heteroatoms. The summed E-state index contributed by atoms with van der Waals surface area (Å²) in [6.45, 7) is -0.140. The lowest BCUT2D eigenvalue weighted by atomic mass is 9.78. The molecule has 0 radical (unpaired) electrons. The number of H-pyrrole nitrogens is 1. The van der Waals surface area contributed by atoms with Crippen LogP contribution in [0.25, 0.3) is 0 Å². The molecule has 0 bridgehead atoms. The Morgan fingerprint density at radius 1 is 1.12 bits per heavy atom. The van der Waals surface area contributed by atoms with Crippen molar-refractivity contribution in [3.8, 4) is 11.5 Å². The lowest BCUT2D eigenvalue weighted by Gasteiger charge is -2.28. The topological polar surface area (TPSA) is 139 Å². The molecule has 0 unspecified atom stereocenters. The smallest absolute Gasteiger partial charge is 0.161 e. The number of anilines is 1. The van der Waals surface area contributed by atoms with Crippen LogP contribution in [-0.4, -0.2) is 45.5 Å². The molecular formula is C34H45N3O5. The minimum Gasteiger partial charge on any atom is -0.504 e. The van der Waals surface area contributed by atoms with E-state index >= 15 is 0 Å². The number of carbonyl (C=O) groups excluding carboxylic acids is 2. The standard InChI is InChI=1S/C34H45N3O5/c1-42-31-18-24(12-13-29(40)21-28(39)11-5-9-23-7-3-2-4-8-23)17-30(34(31)41)33(25-14-16-37-32(35)20-25)26(22-38)19-27-10-6-15-36-27/h6,10,14-18,20,23,26,33,36,38,41H,2-5,7-9,11-13,19,21-22H2,1H3,(H2,35,37)/t26-,33-/m0/s1. The van der Waals surface area contributed by atoms with Gasteiger partial charge in [0.15, 0.2) is 11.5 Å². The fourth-order valence-electron chi connectivity index (χ4n) is 6.40. The van der Waals surface area contributed by atoms with Crippen molar-refractivity contribution in [1.29, 1.82) is 0 Å². The first kappa shape index (κ1) is 31.3. The van der Waals surface area contributed by atoms with Crippen LogP contribution in [-0.2, 0) is 22.4 Å². The minimum absolute atomic E-state index is 0.0187. The number of rotatable bonds is 16. The number of pyridine rings is 1. The summed E-state index contributed by atoms with van der Waals surface area (Å²) in [5.41, 5.74) is 9.18. The normalized spacial score (nSPS) is 15.3. The Labute approximate surface area is 248 Å². The molecule has 1 saturated carbocycles. The molecule has 1 aliphatic carbocycles. The van der Waals surface area contributed by atoms with Crippen LogP contribution in [0.1, 0.15) is 92.5 Å².